The quantitative estimate of drug-likeness (QED) is 0.634. The van der Waals surface area contributed by atoms with Gasteiger partial charge in [-0.3, -0.25) is 14.5 Å². The Balaban J connectivity index is 2.58. The number of ketones is 2. The number of hydrogen-bond acceptors (Lipinski definition) is 4. The number of benzene rings is 1. The van der Waals surface area contributed by atoms with Gasteiger partial charge in [0.15, 0.2) is 5.78 Å². The summed E-state index contributed by atoms with van der Waals surface area (Å²) >= 11 is 0. The summed E-state index contributed by atoms with van der Waals surface area (Å²) < 4.78 is 0. The molecule has 0 atom stereocenters. The zero-order valence-electron chi connectivity index (χ0n) is 11.7. The summed E-state index contributed by atoms with van der Waals surface area (Å²) in [6, 6.07) is 5.43. The van der Waals surface area contributed by atoms with Gasteiger partial charge in [-0.15, -0.1) is 0 Å². The number of Topliss-reactive ketones (excluding diaryl/α,β-unsaturated/α-hetero) is 1. The number of hydrogen-bond donors (Lipinski definition) is 2. The summed E-state index contributed by atoms with van der Waals surface area (Å²) in [6.07, 6.45) is 1.21. The highest BCUT2D eigenvalue weighted by Gasteiger charge is 2.30. The zero-order chi connectivity index (χ0) is 15.7. The second-order valence-electron chi connectivity index (χ2n) is 4.76. The molecule has 1 aromatic carbocycles. The van der Waals surface area contributed by atoms with Crippen molar-refractivity contribution in [2.45, 2.75) is 13.8 Å². The van der Waals surface area contributed by atoms with Crippen molar-refractivity contribution in [1.82, 2.24) is 0 Å². The summed E-state index contributed by atoms with van der Waals surface area (Å²) in [5.74, 6) is -0.716. The van der Waals surface area contributed by atoms with Crippen LogP contribution in [-0.4, -0.2) is 17.6 Å². The average Bonchev–Trinajstić information content (AvgIpc) is 2.42. The Morgan fingerprint density at radius 3 is 2.19 bits per heavy atom. The lowest BCUT2D eigenvalue weighted by Gasteiger charge is -2.26. The van der Waals surface area contributed by atoms with Crippen LogP contribution in [0.1, 0.15) is 13.8 Å². The van der Waals surface area contributed by atoms with E-state index in [0.29, 0.717) is 16.9 Å². The Hall–Kier alpha value is -2.89. The minimum atomic E-state index is -0.844. The van der Waals surface area contributed by atoms with E-state index in [0.717, 1.165) is 4.90 Å². The van der Waals surface area contributed by atoms with Gasteiger partial charge in [-0.05, 0) is 44.2 Å². The smallest absolute Gasteiger partial charge is 0.324 e. The molecule has 0 aliphatic heterocycles. The summed E-state index contributed by atoms with van der Waals surface area (Å²) in [5.41, 5.74) is 12.4. The molecule has 0 fully saturated rings. The summed E-state index contributed by atoms with van der Waals surface area (Å²) in [7, 11) is 0. The number of anilines is 2. The molecule has 21 heavy (non-hydrogen) atoms. The maximum absolute atomic E-state index is 12.2. The van der Waals surface area contributed by atoms with E-state index in [9.17, 15) is 14.4 Å². The highest BCUT2D eigenvalue weighted by Crippen LogP contribution is 2.27. The van der Waals surface area contributed by atoms with Crippen molar-refractivity contribution in [3.8, 4) is 0 Å². The van der Waals surface area contributed by atoms with Crippen LogP contribution < -0.4 is 16.4 Å². The Labute approximate surface area is 121 Å². The standard InChI is InChI=1S/C15H15N3O3/c1-8-7-12(19)13(9(2)14(8)20)18(15(17)21)11-5-3-10(16)4-6-11/h3-7H,16H2,1-2H3,(H2,17,21). The van der Waals surface area contributed by atoms with Gasteiger partial charge in [0.2, 0.25) is 5.78 Å². The lowest BCUT2D eigenvalue weighted by atomic mass is 9.94. The fourth-order valence-corrected chi connectivity index (χ4v) is 2.19. The second-order valence-corrected chi connectivity index (χ2v) is 4.76. The number of allylic oxidation sites excluding steroid dienone is 3. The molecule has 1 aromatic rings. The number of urea groups is 1. The SMILES string of the molecule is CC1=CC(=O)C(N(C(N)=O)c2ccc(N)cc2)=C(C)C1=O. The van der Waals surface area contributed by atoms with Gasteiger partial charge in [0.25, 0.3) is 0 Å². The second kappa shape index (κ2) is 5.24. The molecule has 0 bridgehead atoms. The van der Waals surface area contributed by atoms with E-state index in [4.69, 9.17) is 11.5 Å². The highest BCUT2D eigenvalue weighted by atomic mass is 16.2. The van der Waals surface area contributed by atoms with Crippen molar-refractivity contribution >= 4 is 29.0 Å². The maximum atomic E-state index is 12.2. The van der Waals surface area contributed by atoms with Crippen molar-refractivity contribution in [2.24, 2.45) is 5.73 Å². The van der Waals surface area contributed by atoms with Crippen LogP contribution in [0, 0.1) is 0 Å². The Morgan fingerprint density at radius 1 is 1.10 bits per heavy atom. The third kappa shape index (κ3) is 2.55. The van der Waals surface area contributed by atoms with Gasteiger partial charge >= 0.3 is 6.03 Å². The molecule has 1 aliphatic carbocycles. The van der Waals surface area contributed by atoms with Crippen LogP contribution in [0.2, 0.25) is 0 Å². The number of amides is 2. The first-order valence-corrected chi connectivity index (χ1v) is 6.26. The van der Waals surface area contributed by atoms with Gasteiger partial charge in [0.05, 0.1) is 5.69 Å². The maximum Gasteiger partial charge on any atom is 0.324 e. The molecule has 0 unspecified atom stereocenters. The molecule has 6 heteroatoms. The molecular formula is C15H15N3O3. The van der Waals surface area contributed by atoms with E-state index in [2.05, 4.69) is 0 Å². The van der Waals surface area contributed by atoms with Crippen LogP contribution in [0.4, 0.5) is 16.2 Å². The first kappa shape index (κ1) is 14.5. The average molecular weight is 285 g/mol. The predicted octanol–water partition coefficient (Wildman–Crippen LogP) is 1.53. The van der Waals surface area contributed by atoms with Gasteiger partial charge in [-0.2, -0.15) is 0 Å². The molecule has 0 radical (unpaired) electrons. The van der Waals surface area contributed by atoms with Crippen LogP contribution in [0.15, 0.2) is 47.2 Å². The minimum Gasteiger partial charge on any atom is -0.399 e. The van der Waals surface area contributed by atoms with E-state index in [1.165, 1.54) is 13.0 Å². The molecule has 0 aromatic heterocycles. The fourth-order valence-electron chi connectivity index (χ4n) is 2.19. The number of nitrogens with zero attached hydrogens (tertiary/aromatic N) is 1. The largest absolute Gasteiger partial charge is 0.399 e. The molecule has 4 N–H and O–H groups in total. The van der Waals surface area contributed by atoms with Crippen molar-refractivity contribution in [3.05, 3.63) is 47.2 Å². The first-order valence-electron chi connectivity index (χ1n) is 6.26. The number of rotatable bonds is 2. The van der Waals surface area contributed by atoms with Gasteiger partial charge in [-0.25, -0.2) is 4.79 Å². The van der Waals surface area contributed by atoms with E-state index in [1.807, 2.05) is 0 Å². The van der Waals surface area contributed by atoms with Crippen LogP contribution >= 0.6 is 0 Å². The molecule has 6 nitrogen and oxygen atoms in total. The van der Waals surface area contributed by atoms with Crippen LogP contribution in [0.5, 0.6) is 0 Å². The molecule has 2 amide bonds. The molecule has 1 aliphatic rings. The van der Waals surface area contributed by atoms with E-state index < -0.39 is 11.8 Å². The van der Waals surface area contributed by atoms with E-state index in [1.54, 1.807) is 31.2 Å². The van der Waals surface area contributed by atoms with Gasteiger partial charge in [0, 0.05) is 16.8 Å². The summed E-state index contributed by atoms with van der Waals surface area (Å²) in [4.78, 5) is 37.0. The molecular weight excluding hydrogens is 270 g/mol. The fraction of sp³-hybridized carbons (Fsp3) is 0.133. The van der Waals surface area contributed by atoms with E-state index >= 15 is 0 Å². The Bertz CT molecular complexity index is 699. The number of primary amides is 1. The molecule has 0 saturated carbocycles. The minimum absolute atomic E-state index is 0.0251. The lowest BCUT2D eigenvalue weighted by Crippen LogP contribution is -2.40. The van der Waals surface area contributed by atoms with Gasteiger partial charge in [0.1, 0.15) is 5.70 Å². The lowest BCUT2D eigenvalue weighted by molar-refractivity contribution is -0.115. The van der Waals surface area contributed by atoms with Crippen LogP contribution in [0.25, 0.3) is 0 Å². The third-order valence-electron chi connectivity index (χ3n) is 3.23. The highest BCUT2D eigenvalue weighted by molar-refractivity contribution is 6.25. The monoisotopic (exact) mass is 285 g/mol. The zero-order valence-corrected chi connectivity index (χ0v) is 11.7. The molecule has 0 spiro atoms. The molecule has 0 heterocycles. The predicted molar refractivity (Wildman–Crippen MR) is 79.4 cm³/mol. The normalized spacial score (nSPS) is 15.0. The summed E-state index contributed by atoms with van der Waals surface area (Å²) in [6.45, 7) is 3.05. The molecule has 0 saturated heterocycles. The number of nitrogen functional groups attached to an aromatic ring is 1. The number of carbonyl (C=O) groups excluding carboxylic acids is 3. The Morgan fingerprint density at radius 2 is 1.67 bits per heavy atom. The molecule has 2 rings (SSSR count). The van der Waals surface area contributed by atoms with Crippen molar-refractivity contribution in [3.63, 3.8) is 0 Å². The van der Waals surface area contributed by atoms with Crippen molar-refractivity contribution < 1.29 is 14.4 Å². The van der Waals surface area contributed by atoms with Crippen LogP contribution in [-0.2, 0) is 9.59 Å². The van der Waals surface area contributed by atoms with E-state index in [-0.39, 0.29) is 17.1 Å². The summed E-state index contributed by atoms with van der Waals surface area (Å²) in [5, 5.41) is 0. The Kier molecular flexibility index (Phi) is 3.62. The van der Waals surface area contributed by atoms with Crippen molar-refractivity contribution in [1.29, 1.82) is 0 Å². The third-order valence-corrected chi connectivity index (χ3v) is 3.23. The van der Waals surface area contributed by atoms with Crippen LogP contribution in [0.3, 0.4) is 0 Å². The molecule has 108 valence electrons. The first-order chi connectivity index (χ1) is 9.82. The number of carbonyl (C=O) groups is 3. The van der Waals surface area contributed by atoms with Crippen molar-refractivity contribution in [2.75, 3.05) is 10.6 Å². The van der Waals surface area contributed by atoms with Gasteiger partial charge in [-0.1, -0.05) is 0 Å². The van der Waals surface area contributed by atoms with Gasteiger partial charge < -0.3 is 11.5 Å². The topological polar surface area (TPSA) is 106 Å². The number of nitrogens with two attached hydrogens (primary N) is 2.